The number of aliphatic hydroxyl groups excluding tert-OH is 11. The molecule has 25 heteroatoms. The first-order valence-electron chi connectivity index (χ1n) is 25.4. The number of carboxylic acids is 1. The summed E-state index contributed by atoms with van der Waals surface area (Å²) < 4.78 is 29.9. The lowest BCUT2D eigenvalue weighted by Crippen LogP contribution is -2.60. The van der Waals surface area contributed by atoms with Gasteiger partial charge in [0.15, 0.2) is 6.10 Å². The standard InChI is InChI=1S/C18H25NO8.2C18H27NO7/c1-18(2,3)8-9-4-6-10(7-5-9)19-17(25)27-16-13(22)11(20)12(21)14(26-16)15(23)24;2*1-18(2,3)8-10-4-6-11(7-5-10)19-17(24)26-16-15(23)14(22)13(21)12(9-20)25-16/h4-7,11-14,16,20-22H,8H2,1-3H3,(H,19,25)(H,23,24);2*4-7,12-16,20-23H,8-9H2,1-3H3,(H,19,24). The van der Waals surface area contributed by atoms with Gasteiger partial charge >= 0.3 is 24.2 Å². The van der Waals surface area contributed by atoms with Gasteiger partial charge in [0.1, 0.15) is 67.1 Å². The number of rotatable bonds is 12. The minimum Gasteiger partial charge on any atom is -0.479 e. The van der Waals surface area contributed by atoms with Gasteiger partial charge in [-0.15, -0.1) is 0 Å². The molecule has 15 N–H and O–H groups in total. The van der Waals surface area contributed by atoms with Crippen molar-refractivity contribution in [3.8, 4) is 0 Å². The summed E-state index contributed by atoms with van der Waals surface area (Å²) in [6.45, 7) is 18.0. The maximum Gasteiger partial charge on any atom is 0.414 e. The third-order valence-corrected chi connectivity index (χ3v) is 12.0. The molecule has 15 unspecified atom stereocenters. The molecular formula is C54H79N3O22. The monoisotopic (exact) mass is 1120 g/mol. The minimum absolute atomic E-state index is 0.119. The van der Waals surface area contributed by atoms with E-state index >= 15 is 0 Å². The zero-order chi connectivity index (χ0) is 59.3. The Morgan fingerprint density at radius 1 is 0.405 bits per heavy atom. The van der Waals surface area contributed by atoms with Crippen molar-refractivity contribution in [3.63, 3.8) is 0 Å². The lowest BCUT2D eigenvalue weighted by molar-refractivity contribution is -0.284. The van der Waals surface area contributed by atoms with Crippen molar-refractivity contribution < 1.29 is 109 Å². The fraction of sp³-hybridized carbons (Fsp3) is 0.593. The van der Waals surface area contributed by atoms with Crippen LogP contribution in [0.25, 0.3) is 0 Å². The van der Waals surface area contributed by atoms with Crippen LogP contribution in [-0.4, -0.2) is 191 Å². The predicted molar refractivity (Wildman–Crippen MR) is 281 cm³/mol. The Labute approximate surface area is 457 Å². The molecule has 0 bridgehead atoms. The number of ether oxygens (including phenoxy) is 6. The SMILES string of the molecule is CC(C)(C)Cc1ccc(NC(=O)OC2OC(C(=O)O)C(O)C(O)C2O)cc1.CC(C)(C)Cc1ccc(NC(=O)OC2OC(CO)C(O)C(O)C2O)cc1.CC(C)(C)Cc1ccc(NC(=O)OC2OC(CO)C(O)C(O)C2O)cc1. The first-order chi connectivity index (χ1) is 36.7. The summed E-state index contributed by atoms with van der Waals surface area (Å²) in [5, 5.41) is 122. The number of hydrogen-bond acceptors (Lipinski definition) is 21. The number of aliphatic carboxylic acids is 1. The summed E-state index contributed by atoms with van der Waals surface area (Å²) >= 11 is 0. The first-order valence-corrected chi connectivity index (χ1v) is 25.4. The predicted octanol–water partition coefficient (Wildman–Crippen LogP) is 1.96. The van der Waals surface area contributed by atoms with Crippen molar-refractivity contribution in [2.45, 2.75) is 174 Å². The van der Waals surface area contributed by atoms with E-state index in [-0.39, 0.29) is 16.2 Å². The van der Waals surface area contributed by atoms with Crippen molar-refractivity contribution in [1.29, 1.82) is 0 Å². The molecule has 0 saturated carbocycles. The summed E-state index contributed by atoms with van der Waals surface area (Å²) in [6, 6.07) is 21.6. The fourth-order valence-corrected chi connectivity index (χ4v) is 8.19. The van der Waals surface area contributed by atoms with Gasteiger partial charge in [-0.25, -0.2) is 19.2 Å². The fourth-order valence-electron chi connectivity index (χ4n) is 8.19. The number of aliphatic hydroxyl groups is 11. The quantitative estimate of drug-likeness (QED) is 0.115. The van der Waals surface area contributed by atoms with Crippen LogP contribution in [0, 0.1) is 16.2 Å². The Morgan fingerprint density at radius 3 is 0.899 bits per heavy atom. The lowest BCUT2D eigenvalue weighted by atomic mass is 9.88. The first kappa shape index (κ1) is 65.9. The van der Waals surface area contributed by atoms with Crippen LogP contribution >= 0.6 is 0 Å². The molecule has 3 heterocycles. The molecule has 3 aliphatic rings. The van der Waals surface area contributed by atoms with Crippen molar-refractivity contribution in [1.82, 2.24) is 0 Å². The highest BCUT2D eigenvalue weighted by Crippen LogP contribution is 2.28. The lowest BCUT2D eigenvalue weighted by Gasteiger charge is -2.39. The molecule has 442 valence electrons. The van der Waals surface area contributed by atoms with Crippen LogP contribution in [0.3, 0.4) is 0 Å². The van der Waals surface area contributed by atoms with E-state index in [0.29, 0.717) is 17.1 Å². The van der Waals surface area contributed by atoms with Crippen LogP contribution in [0.4, 0.5) is 31.4 Å². The molecule has 3 aromatic carbocycles. The Hall–Kier alpha value is -5.62. The van der Waals surface area contributed by atoms with Crippen LogP contribution in [0.15, 0.2) is 72.8 Å². The molecular weight excluding hydrogens is 1040 g/mol. The molecule has 6 rings (SSSR count). The summed E-state index contributed by atoms with van der Waals surface area (Å²) in [4.78, 5) is 47.0. The molecule has 0 spiro atoms. The van der Waals surface area contributed by atoms with Gasteiger partial charge in [-0.3, -0.25) is 16.0 Å². The van der Waals surface area contributed by atoms with Gasteiger partial charge in [0.2, 0.25) is 18.9 Å². The molecule has 79 heavy (non-hydrogen) atoms. The van der Waals surface area contributed by atoms with Crippen molar-refractivity contribution in [2.24, 2.45) is 16.2 Å². The third-order valence-electron chi connectivity index (χ3n) is 12.0. The summed E-state index contributed by atoms with van der Waals surface area (Å²) in [7, 11) is 0. The van der Waals surface area contributed by atoms with E-state index in [4.69, 9.17) is 43.7 Å². The average Bonchev–Trinajstić information content (AvgIpc) is 3.37. The number of nitrogens with one attached hydrogen (secondary N) is 3. The number of carboxylic acid groups (broad SMARTS) is 1. The highest BCUT2D eigenvalue weighted by Gasteiger charge is 2.49. The van der Waals surface area contributed by atoms with Gasteiger partial charge in [-0.2, -0.15) is 0 Å². The van der Waals surface area contributed by atoms with E-state index in [9.17, 15) is 65.1 Å². The Balaban J connectivity index is 0.000000255. The molecule has 15 atom stereocenters. The van der Waals surface area contributed by atoms with Gasteiger partial charge in [0.05, 0.1) is 13.2 Å². The number of anilines is 3. The van der Waals surface area contributed by atoms with E-state index in [1.165, 1.54) is 0 Å². The highest BCUT2D eigenvalue weighted by molar-refractivity contribution is 5.86. The van der Waals surface area contributed by atoms with Crippen molar-refractivity contribution in [2.75, 3.05) is 29.2 Å². The minimum atomic E-state index is -1.85. The van der Waals surface area contributed by atoms with Gasteiger partial charge in [-0.05, 0) is 88.6 Å². The summed E-state index contributed by atoms with van der Waals surface area (Å²) in [5.41, 5.74) is 5.19. The second-order valence-corrected chi connectivity index (χ2v) is 23.0. The highest BCUT2D eigenvalue weighted by atomic mass is 16.7. The largest absolute Gasteiger partial charge is 0.479 e. The molecule has 3 amide bonds. The molecule has 0 radical (unpaired) electrons. The van der Waals surface area contributed by atoms with Gasteiger partial charge in [0.25, 0.3) is 0 Å². The van der Waals surface area contributed by atoms with Crippen LogP contribution in [0.1, 0.15) is 79.0 Å². The van der Waals surface area contributed by atoms with Crippen molar-refractivity contribution in [3.05, 3.63) is 89.5 Å². The summed E-state index contributed by atoms with van der Waals surface area (Å²) in [6.07, 6.45) is -24.0. The van der Waals surface area contributed by atoms with Gasteiger partial charge in [0, 0.05) is 17.1 Å². The summed E-state index contributed by atoms with van der Waals surface area (Å²) in [5.74, 6) is -1.56. The van der Waals surface area contributed by atoms with E-state index < -0.39 is 130 Å². The van der Waals surface area contributed by atoms with Crippen LogP contribution in [0.5, 0.6) is 0 Å². The number of amides is 3. The Kier molecular flexibility index (Phi) is 23.9. The molecule has 3 fully saturated rings. The van der Waals surface area contributed by atoms with Crippen LogP contribution in [0.2, 0.25) is 0 Å². The second-order valence-electron chi connectivity index (χ2n) is 23.0. The zero-order valence-corrected chi connectivity index (χ0v) is 45.6. The van der Waals surface area contributed by atoms with E-state index in [1.54, 1.807) is 36.4 Å². The zero-order valence-electron chi connectivity index (χ0n) is 45.6. The second kappa shape index (κ2) is 28.7. The van der Waals surface area contributed by atoms with Crippen LogP contribution < -0.4 is 16.0 Å². The van der Waals surface area contributed by atoms with Crippen molar-refractivity contribution >= 4 is 41.3 Å². The number of carbonyl (C=O) groups is 4. The maximum absolute atomic E-state index is 12.0. The molecule has 0 aromatic heterocycles. The Bertz CT molecular complexity index is 2280. The average molecular weight is 1120 g/mol. The molecule has 3 saturated heterocycles. The smallest absolute Gasteiger partial charge is 0.414 e. The molecule has 25 nitrogen and oxygen atoms in total. The van der Waals surface area contributed by atoms with E-state index in [1.807, 2.05) is 36.4 Å². The van der Waals surface area contributed by atoms with E-state index in [0.717, 1.165) is 36.0 Å². The van der Waals surface area contributed by atoms with E-state index in [2.05, 4.69) is 78.3 Å². The Morgan fingerprint density at radius 2 is 0.658 bits per heavy atom. The third kappa shape index (κ3) is 20.8. The molecule has 3 aromatic rings. The van der Waals surface area contributed by atoms with Gasteiger partial charge in [-0.1, -0.05) is 98.7 Å². The van der Waals surface area contributed by atoms with Gasteiger partial charge < -0.3 is 89.7 Å². The molecule has 3 aliphatic heterocycles. The normalized spacial score (nSPS) is 29.0. The molecule has 0 aliphatic carbocycles. The topological polar surface area (TPSA) is 403 Å². The maximum atomic E-state index is 12.0. The number of hydrogen-bond donors (Lipinski definition) is 15. The number of carbonyl (C=O) groups excluding carboxylic acids is 3. The van der Waals surface area contributed by atoms with Crippen LogP contribution in [-0.2, 0) is 52.5 Å². The number of benzene rings is 3.